The highest BCUT2D eigenvalue weighted by Crippen LogP contribution is 2.33. The van der Waals surface area contributed by atoms with Crippen molar-refractivity contribution in [3.8, 4) is 11.5 Å². The zero-order chi connectivity index (χ0) is 25.5. The summed E-state index contributed by atoms with van der Waals surface area (Å²) in [6, 6.07) is 18.9. The lowest BCUT2D eigenvalue weighted by Crippen LogP contribution is -2.51. The number of rotatable bonds is 9. The van der Waals surface area contributed by atoms with Crippen molar-refractivity contribution in [1.82, 2.24) is 10.2 Å². The molecule has 1 fully saturated rings. The molecule has 2 amide bonds. The van der Waals surface area contributed by atoms with E-state index < -0.39 is 6.04 Å². The van der Waals surface area contributed by atoms with Gasteiger partial charge in [-0.25, -0.2) is 0 Å². The van der Waals surface area contributed by atoms with E-state index in [-0.39, 0.29) is 31.0 Å². The average molecular weight is 553 g/mol. The van der Waals surface area contributed by atoms with Crippen LogP contribution in [0.1, 0.15) is 44.6 Å². The quantitative estimate of drug-likeness (QED) is 0.361. The van der Waals surface area contributed by atoms with Gasteiger partial charge in [0.1, 0.15) is 17.5 Å². The van der Waals surface area contributed by atoms with E-state index in [1.807, 2.05) is 60.7 Å². The van der Waals surface area contributed by atoms with Crippen LogP contribution in [0.2, 0.25) is 0 Å². The Labute approximate surface area is 221 Å². The summed E-state index contributed by atoms with van der Waals surface area (Å²) >= 11 is 3.62. The molecule has 0 aromatic heterocycles. The molecular weight excluding hydrogens is 520 g/mol. The minimum atomic E-state index is -0.644. The maximum Gasteiger partial charge on any atom is 0.261 e. The second-order valence-corrected chi connectivity index (χ2v) is 10.1. The van der Waals surface area contributed by atoms with Gasteiger partial charge in [0, 0.05) is 12.6 Å². The number of nitrogens with zero attached hydrogens (tertiary/aromatic N) is 1. The highest BCUT2D eigenvalue weighted by atomic mass is 79.9. The molecule has 0 saturated heterocycles. The van der Waals surface area contributed by atoms with Gasteiger partial charge in [-0.15, -0.1) is 0 Å². The van der Waals surface area contributed by atoms with Gasteiger partial charge in [-0.2, -0.15) is 0 Å². The molecule has 3 aromatic carbocycles. The summed E-state index contributed by atoms with van der Waals surface area (Å²) in [6.07, 6.45) is 5.44. The Kier molecular flexibility index (Phi) is 8.86. The Balaban J connectivity index is 1.50. The van der Waals surface area contributed by atoms with Crippen LogP contribution in [-0.2, 0) is 16.1 Å². The Morgan fingerprint density at radius 1 is 1.06 bits per heavy atom. The van der Waals surface area contributed by atoms with Crippen LogP contribution in [0.15, 0.2) is 65.1 Å². The van der Waals surface area contributed by atoms with E-state index in [1.54, 1.807) is 18.9 Å². The van der Waals surface area contributed by atoms with Gasteiger partial charge in [0.05, 0.1) is 11.6 Å². The topological polar surface area (TPSA) is 67.9 Å². The monoisotopic (exact) mass is 552 g/mol. The molecule has 1 N–H and O–H groups in total. The van der Waals surface area contributed by atoms with E-state index in [2.05, 4.69) is 21.2 Å². The van der Waals surface area contributed by atoms with Gasteiger partial charge >= 0.3 is 0 Å². The van der Waals surface area contributed by atoms with Crippen LogP contribution in [0.25, 0.3) is 10.8 Å². The molecule has 1 aliphatic carbocycles. The standard InChI is InChI=1S/C29H33BrN2O4/c1-20(29(34)31-23-11-4-3-5-12-23)32(18-21-9-8-13-24(17-21)35-2)27(33)19-36-26-16-15-22-10-6-7-14-25(22)28(26)30/h6-10,13-17,20,23H,3-5,11-12,18-19H2,1-2H3,(H,31,34)/t20-/m0/s1. The predicted octanol–water partition coefficient (Wildman–Crippen LogP) is 5.86. The van der Waals surface area contributed by atoms with Crippen LogP contribution in [-0.4, -0.2) is 42.5 Å². The molecule has 1 aliphatic rings. The summed E-state index contributed by atoms with van der Waals surface area (Å²) in [5, 5.41) is 5.25. The van der Waals surface area contributed by atoms with Crippen LogP contribution < -0.4 is 14.8 Å². The van der Waals surface area contributed by atoms with Crippen molar-refractivity contribution in [2.75, 3.05) is 13.7 Å². The van der Waals surface area contributed by atoms with E-state index >= 15 is 0 Å². The van der Waals surface area contributed by atoms with Crippen LogP contribution in [0.4, 0.5) is 0 Å². The van der Waals surface area contributed by atoms with Gasteiger partial charge in [0.25, 0.3) is 5.91 Å². The normalized spacial score (nSPS) is 14.8. The van der Waals surface area contributed by atoms with Gasteiger partial charge < -0.3 is 19.7 Å². The smallest absolute Gasteiger partial charge is 0.261 e. The number of carbonyl (C=O) groups is 2. The molecule has 36 heavy (non-hydrogen) atoms. The van der Waals surface area contributed by atoms with Gasteiger partial charge in [0.2, 0.25) is 5.91 Å². The Morgan fingerprint density at radius 2 is 1.83 bits per heavy atom. The summed E-state index contributed by atoms with van der Waals surface area (Å²) in [4.78, 5) is 28.2. The van der Waals surface area contributed by atoms with Gasteiger partial charge in [-0.3, -0.25) is 9.59 Å². The number of amides is 2. The van der Waals surface area contributed by atoms with Gasteiger partial charge in [-0.05, 0) is 70.2 Å². The second kappa shape index (κ2) is 12.3. The molecule has 0 aliphatic heterocycles. The summed E-state index contributed by atoms with van der Waals surface area (Å²) in [5.41, 5.74) is 0.881. The first-order valence-electron chi connectivity index (χ1n) is 12.5. The molecule has 190 valence electrons. The van der Waals surface area contributed by atoms with Crippen molar-refractivity contribution in [3.05, 3.63) is 70.7 Å². The molecule has 0 heterocycles. The number of benzene rings is 3. The first-order valence-corrected chi connectivity index (χ1v) is 13.3. The van der Waals surface area contributed by atoms with Crippen molar-refractivity contribution in [1.29, 1.82) is 0 Å². The number of halogens is 1. The van der Waals surface area contributed by atoms with Gasteiger partial charge in [0.15, 0.2) is 6.61 Å². The van der Waals surface area contributed by atoms with Crippen molar-refractivity contribution in [2.45, 2.75) is 57.7 Å². The number of methoxy groups -OCH3 is 1. The molecule has 4 rings (SSSR count). The average Bonchev–Trinajstić information content (AvgIpc) is 2.91. The van der Waals surface area contributed by atoms with Crippen LogP contribution in [0, 0.1) is 0 Å². The van der Waals surface area contributed by atoms with Crippen LogP contribution in [0.3, 0.4) is 0 Å². The number of fused-ring (bicyclic) bond motifs is 1. The minimum absolute atomic E-state index is 0.134. The number of carbonyl (C=O) groups excluding carboxylic acids is 2. The van der Waals surface area contributed by atoms with Crippen molar-refractivity contribution >= 4 is 38.5 Å². The van der Waals surface area contributed by atoms with Gasteiger partial charge in [-0.1, -0.05) is 61.7 Å². The van der Waals surface area contributed by atoms with E-state index in [0.29, 0.717) is 11.5 Å². The highest BCUT2D eigenvalue weighted by Gasteiger charge is 2.28. The first-order chi connectivity index (χ1) is 17.5. The molecule has 3 aromatic rings. The third kappa shape index (κ3) is 6.38. The lowest BCUT2D eigenvalue weighted by atomic mass is 9.95. The Hall–Kier alpha value is -3.06. The molecule has 1 saturated carbocycles. The minimum Gasteiger partial charge on any atom is -0.497 e. The first kappa shape index (κ1) is 26.0. The molecule has 0 unspecified atom stereocenters. The summed E-state index contributed by atoms with van der Waals surface area (Å²) < 4.78 is 12.1. The predicted molar refractivity (Wildman–Crippen MR) is 145 cm³/mol. The summed E-state index contributed by atoms with van der Waals surface area (Å²) in [5.74, 6) is 0.896. The number of ether oxygens (including phenoxy) is 2. The van der Waals surface area contributed by atoms with E-state index in [1.165, 1.54) is 6.42 Å². The van der Waals surface area contributed by atoms with E-state index in [4.69, 9.17) is 9.47 Å². The van der Waals surface area contributed by atoms with Crippen molar-refractivity contribution in [2.24, 2.45) is 0 Å². The van der Waals surface area contributed by atoms with Crippen LogP contribution in [0.5, 0.6) is 11.5 Å². The Bertz CT molecular complexity index is 1210. The third-order valence-corrected chi connectivity index (χ3v) is 7.60. The third-order valence-electron chi connectivity index (χ3n) is 6.78. The molecule has 0 radical (unpaired) electrons. The zero-order valence-electron chi connectivity index (χ0n) is 20.8. The number of hydrogen-bond donors (Lipinski definition) is 1. The summed E-state index contributed by atoms with van der Waals surface area (Å²) in [6.45, 7) is 1.88. The fraction of sp³-hybridized carbons (Fsp3) is 0.379. The molecule has 0 spiro atoms. The highest BCUT2D eigenvalue weighted by molar-refractivity contribution is 9.10. The largest absolute Gasteiger partial charge is 0.497 e. The zero-order valence-corrected chi connectivity index (χ0v) is 22.4. The molecule has 7 heteroatoms. The lowest BCUT2D eigenvalue weighted by molar-refractivity contribution is -0.142. The maximum atomic E-state index is 13.5. The SMILES string of the molecule is COc1cccc(CN(C(=O)COc2ccc3ccccc3c2Br)[C@@H](C)C(=O)NC2CCCCC2)c1. The van der Waals surface area contributed by atoms with E-state index in [9.17, 15) is 9.59 Å². The fourth-order valence-electron chi connectivity index (χ4n) is 4.67. The van der Waals surface area contributed by atoms with Crippen molar-refractivity contribution in [3.63, 3.8) is 0 Å². The second-order valence-electron chi connectivity index (χ2n) is 9.28. The summed E-state index contributed by atoms with van der Waals surface area (Å²) in [7, 11) is 1.61. The number of hydrogen-bond acceptors (Lipinski definition) is 4. The van der Waals surface area contributed by atoms with Crippen LogP contribution >= 0.6 is 15.9 Å². The molecule has 6 nitrogen and oxygen atoms in total. The number of nitrogens with one attached hydrogen (secondary N) is 1. The lowest BCUT2D eigenvalue weighted by Gasteiger charge is -2.31. The molecule has 1 atom stereocenters. The Morgan fingerprint density at radius 3 is 2.61 bits per heavy atom. The maximum absolute atomic E-state index is 13.5. The molecule has 0 bridgehead atoms. The van der Waals surface area contributed by atoms with E-state index in [0.717, 1.165) is 46.5 Å². The fourth-order valence-corrected chi connectivity index (χ4v) is 5.27. The van der Waals surface area contributed by atoms with Crippen molar-refractivity contribution < 1.29 is 19.1 Å². The molecular formula is C29H33BrN2O4.